The van der Waals surface area contributed by atoms with Crippen molar-refractivity contribution in [2.24, 2.45) is 0 Å². The Balaban J connectivity index is 1.73. The molecule has 1 fully saturated rings. The Kier molecular flexibility index (Phi) is 4.80. The SMILES string of the molecule is Cc1noc(C)c1S(=O)(=O)N1CCN(C(=O)c2ccc(F)c(F)c2)CC1. The summed E-state index contributed by atoms with van der Waals surface area (Å²) in [4.78, 5) is 13.8. The second-order valence-electron chi connectivity index (χ2n) is 5.98. The van der Waals surface area contributed by atoms with Crippen molar-refractivity contribution in [2.45, 2.75) is 18.7 Å². The van der Waals surface area contributed by atoms with Gasteiger partial charge in [0.15, 0.2) is 17.4 Å². The number of hydrogen-bond donors (Lipinski definition) is 0. The van der Waals surface area contributed by atoms with E-state index in [0.29, 0.717) is 0 Å². The number of carbonyl (C=O) groups excluding carboxylic acids is 1. The maximum Gasteiger partial charge on any atom is 0.254 e. The summed E-state index contributed by atoms with van der Waals surface area (Å²) >= 11 is 0. The van der Waals surface area contributed by atoms with Crippen molar-refractivity contribution >= 4 is 15.9 Å². The molecule has 0 radical (unpaired) electrons. The van der Waals surface area contributed by atoms with Crippen LogP contribution >= 0.6 is 0 Å². The average molecular weight is 385 g/mol. The maximum atomic E-state index is 13.3. The molecule has 140 valence electrons. The molecule has 1 saturated heterocycles. The molecule has 1 amide bonds. The topological polar surface area (TPSA) is 83.7 Å². The second kappa shape index (κ2) is 6.76. The lowest BCUT2D eigenvalue weighted by molar-refractivity contribution is 0.0697. The van der Waals surface area contributed by atoms with Gasteiger partial charge in [0, 0.05) is 31.7 Å². The minimum absolute atomic E-state index is 0.0194. The van der Waals surface area contributed by atoms with Gasteiger partial charge in [0.25, 0.3) is 5.91 Å². The molecule has 2 heterocycles. The van der Waals surface area contributed by atoms with Crippen LogP contribution < -0.4 is 0 Å². The number of amides is 1. The Bertz CT molecular complexity index is 931. The lowest BCUT2D eigenvalue weighted by Crippen LogP contribution is -2.50. The first-order chi connectivity index (χ1) is 12.2. The molecule has 1 aliphatic heterocycles. The molecular formula is C16H17F2N3O4S. The normalized spacial score (nSPS) is 16.1. The summed E-state index contributed by atoms with van der Waals surface area (Å²) < 4.78 is 58.0. The largest absolute Gasteiger partial charge is 0.360 e. The van der Waals surface area contributed by atoms with Gasteiger partial charge < -0.3 is 9.42 Å². The highest BCUT2D eigenvalue weighted by atomic mass is 32.2. The number of halogens is 2. The van der Waals surface area contributed by atoms with Crippen LogP contribution in [0.2, 0.25) is 0 Å². The third kappa shape index (κ3) is 3.21. The lowest BCUT2D eigenvalue weighted by Gasteiger charge is -2.34. The van der Waals surface area contributed by atoms with E-state index in [1.54, 1.807) is 6.92 Å². The molecule has 10 heteroatoms. The van der Waals surface area contributed by atoms with E-state index >= 15 is 0 Å². The number of sulfonamides is 1. The molecule has 0 N–H and O–H groups in total. The molecule has 26 heavy (non-hydrogen) atoms. The van der Waals surface area contributed by atoms with E-state index in [0.717, 1.165) is 12.1 Å². The summed E-state index contributed by atoms with van der Waals surface area (Å²) in [5, 5.41) is 3.66. The Morgan fingerprint density at radius 2 is 1.77 bits per heavy atom. The number of carbonyl (C=O) groups is 1. The Morgan fingerprint density at radius 1 is 1.12 bits per heavy atom. The van der Waals surface area contributed by atoms with Crippen molar-refractivity contribution in [3.05, 3.63) is 46.9 Å². The van der Waals surface area contributed by atoms with Crippen LogP contribution in [0.15, 0.2) is 27.6 Å². The predicted molar refractivity (Wildman–Crippen MR) is 87.0 cm³/mol. The zero-order valence-corrected chi connectivity index (χ0v) is 15.0. The van der Waals surface area contributed by atoms with Gasteiger partial charge in [-0.2, -0.15) is 4.31 Å². The standard InChI is InChI=1S/C16H17F2N3O4S/c1-10-15(11(2)25-19-10)26(23,24)21-7-5-20(6-8-21)16(22)12-3-4-13(17)14(18)9-12/h3-4,9H,5-8H2,1-2H3. The number of rotatable bonds is 3. The smallest absolute Gasteiger partial charge is 0.254 e. The van der Waals surface area contributed by atoms with Gasteiger partial charge in [-0.15, -0.1) is 0 Å². The highest BCUT2D eigenvalue weighted by Gasteiger charge is 2.34. The summed E-state index contributed by atoms with van der Waals surface area (Å²) in [6, 6.07) is 2.93. The van der Waals surface area contributed by atoms with Crippen LogP contribution in [0.4, 0.5) is 8.78 Å². The molecule has 0 atom stereocenters. The fraction of sp³-hybridized carbons (Fsp3) is 0.375. The van der Waals surface area contributed by atoms with Crippen molar-refractivity contribution in [1.82, 2.24) is 14.4 Å². The number of benzene rings is 1. The number of piperazine rings is 1. The van der Waals surface area contributed by atoms with Crippen LogP contribution in [0.25, 0.3) is 0 Å². The predicted octanol–water partition coefficient (Wildman–Crippen LogP) is 1.72. The summed E-state index contributed by atoms with van der Waals surface area (Å²) in [7, 11) is -3.78. The zero-order chi connectivity index (χ0) is 19.1. The molecule has 1 aliphatic rings. The second-order valence-corrected chi connectivity index (χ2v) is 7.85. The Hall–Kier alpha value is -2.33. The molecule has 1 aromatic carbocycles. The van der Waals surface area contributed by atoms with Crippen LogP contribution in [-0.2, 0) is 10.0 Å². The van der Waals surface area contributed by atoms with E-state index in [1.807, 2.05) is 0 Å². The van der Waals surface area contributed by atoms with Crippen molar-refractivity contribution in [3.8, 4) is 0 Å². The third-order valence-corrected chi connectivity index (χ3v) is 6.40. The quantitative estimate of drug-likeness (QED) is 0.803. The molecular weight excluding hydrogens is 368 g/mol. The minimum atomic E-state index is -3.78. The first-order valence-corrected chi connectivity index (χ1v) is 9.33. The Labute approximate surface area is 149 Å². The van der Waals surface area contributed by atoms with E-state index in [9.17, 15) is 22.0 Å². The molecule has 0 bridgehead atoms. The van der Waals surface area contributed by atoms with E-state index in [2.05, 4.69) is 5.16 Å². The fourth-order valence-corrected chi connectivity index (χ4v) is 4.63. The number of nitrogens with zero attached hydrogens (tertiary/aromatic N) is 3. The molecule has 0 aliphatic carbocycles. The van der Waals surface area contributed by atoms with Crippen LogP contribution in [0.5, 0.6) is 0 Å². The lowest BCUT2D eigenvalue weighted by atomic mass is 10.1. The highest BCUT2D eigenvalue weighted by molar-refractivity contribution is 7.89. The van der Waals surface area contributed by atoms with E-state index in [1.165, 1.54) is 22.2 Å². The molecule has 3 rings (SSSR count). The zero-order valence-electron chi connectivity index (χ0n) is 14.2. The Morgan fingerprint density at radius 3 is 2.31 bits per heavy atom. The van der Waals surface area contributed by atoms with E-state index < -0.39 is 27.6 Å². The van der Waals surface area contributed by atoms with Gasteiger partial charge in [-0.25, -0.2) is 17.2 Å². The van der Waals surface area contributed by atoms with Gasteiger partial charge in [-0.3, -0.25) is 4.79 Å². The summed E-state index contributed by atoms with van der Waals surface area (Å²) in [5.41, 5.74) is 0.300. The van der Waals surface area contributed by atoms with Crippen LogP contribution in [-0.4, -0.2) is 54.9 Å². The van der Waals surface area contributed by atoms with Gasteiger partial charge >= 0.3 is 0 Å². The third-order valence-electron chi connectivity index (χ3n) is 4.26. The molecule has 0 saturated carbocycles. The van der Waals surface area contributed by atoms with Crippen LogP contribution in [0.1, 0.15) is 21.8 Å². The number of aryl methyl sites for hydroxylation is 2. The van der Waals surface area contributed by atoms with E-state index in [4.69, 9.17) is 4.52 Å². The fourth-order valence-electron chi connectivity index (χ4n) is 2.92. The summed E-state index contributed by atoms with van der Waals surface area (Å²) in [5.74, 6) is -2.39. The monoisotopic (exact) mass is 385 g/mol. The highest BCUT2D eigenvalue weighted by Crippen LogP contribution is 2.24. The average Bonchev–Trinajstić information content (AvgIpc) is 2.96. The molecule has 0 unspecified atom stereocenters. The van der Waals surface area contributed by atoms with Crippen LogP contribution in [0, 0.1) is 25.5 Å². The van der Waals surface area contributed by atoms with Crippen molar-refractivity contribution in [2.75, 3.05) is 26.2 Å². The number of aromatic nitrogens is 1. The molecule has 1 aromatic heterocycles. The van der Waals surface area contributed by atoms with Crippen molar-refractivity contribution < 1.29 is 26.5 Å². The molecule has 7 nitrogen and oxygen atoms in total. The molecule has 2 aromatic rings. The number of hydrogen-bond acceptors (Lipinski definition) is 5. The van der Waals surface area contributed by atoms with Crippen molar-refractivity contribution in [3.63, 3.8) is 0 Å². The first-order valence-electron chi connectivity index (χ1n) is 7.89. The first kappa shape index (κ1) is 18.5. The molecule has 0 spiro atoms. The minimum Gasteiger partial charge on any atom is -0.360 e. The summed E-state index contributed by atoms with van der Waals surface area (Å²) in [6.07, 6.45) is 0. The maximum absolute atomic E-state index is 13.3. The van der Waals surface area contributed by atoms with E-state index in [-0.39, 0.29) is 48.1 Å². The van der Waals surface area contributed by atoms with Gasteiger partial charge in [0.05, 0.1) is 0 Å². The van der Waals surface area contributed by atoms with Crippen molar-refractivity contribution in [1.29, 1.82) is 0 Å². The van der Waals surface area contributed by atoms with Gasteiger partial charge in [0.1, 0.15) is 10.6 Å². The van der Waals surface area contributed by atoms with Gasteiger partial charge in [0.2, 0.25) is 10.0 Å². The summed E-state index contributed by atoms with van der Waals surface area (Å²) in [6.45, 7) is 3.52. The van der Waals surface area contributed by atoms with Crippen LogP contribution in [0.3, 0.4) is 0 Å². The van der Waals surface area contributed by atoms with Gasteiger partial charge in [-0.05, 0) is 32.0 Å². The van der Waals surface area contributed by atoms with Gasteiger partial charge in [-0.1, -0.05) is 5.16 Å².